The zero-order valence-corrected chi connectivity index (χ0v) is 11.4. The van der Waals surface area contributed by atoms with E-state index in [1.54, 1.807) is 0 Å². The average Bonchev–Trinajstić information content (AvgIpc) is 2.37. The molecule has 8 heteroatoms. The summed E-state index contributed by atoms with van der Waals surface area (Å²) in [6.45, 7) is 2.15. The van der Waals surface area contributed by atoms with Crippen LogP contribution in [0.4, 0.5) is 18.0 Å². The molecule has 1 fully saturated rings. The Morgan fingerprint density at radius 3 is 2.52 bits per heavy atom. The largest absolute Gasteiger partial charge is 0.474 e. The van der Waals surface area contributed by atoms with Crippen molar-refractivity contribution in [2.24, 2.45) is 0 Å². The number of aryl methyl sites for hydroxylation is 1. The van der Waals surface area contributed by atoms with Crippen molar-refractivity contribution in [3.8, 4) is 5.88 Å². The van der Waals surface area contributed by atoms with E-state index in [9.17, 15) is 18.0 Å². The number of alkyl halides is 3. The summed E-state index contributed by atoms with van der Waals surface area (Å²) in [4.78, 5) is 15.5. The maximum absolute atomic E-state index is 12.7. The minimum Gasteiger partial charge on any atom is -0.474 e. The van der Waals surface area contributed by atoms with Crippen molar-refractivity contribution >= 4 is 6.09 Å². The van der Waals surface area contributed by atoms with Crippen LogP contribution in [0.1, 0.15) is 24.1 Å². The van der Waals surface area contributed by atoms with Gasteiger partial charge in [-0.1, -0.05) is 0 Å². The van der Waals surface area contributed by atoms with Crippen LogP contribution in [0, 0.1) is 6.92 Å². The Kier molecular flexibility index (Phi) is 4.24. The molecule has 1 aliphatic heterocycles. The molecule has 0 radical (unpaired) electrons. The van der Waals surface area contributed by atoms with E-state index in [0.29, 0.717) is 31.5 Å². The molecule has 0 spiro atoms. The fourth-order valence-electron chi connectivity index (χ4n) is 2.18. The Bertz CT molecular complexity index is 526. The molecule has 0 atom stereocenters. The van der Waals surface area contributed by atoms with Crippen LogP contribution in [0.25, 0.3) is 0 Å². The lowest BCUT2D eigenvalue weighted by Gasteiger charge is -2.30. The van der Waals surface area contributed by atoms with Gasteiger partial charge in [-0.25, -0.2) is 9.78 Å². The number of ether oxygens (including phenoxy) is 1. The van der Waals surface area contributed by atoms with E-state index in [1.807, 2.05) is 0 Å². The highest BCUT2D eigenvalue weighted by Gasteiger charge is 2.33. The topological polar surface area (TPSA) is 62.7 Å². The molecule has 1 N–H and O–H groups in total. The van der Waals surface area contributed by atoms with Gasteiger partial charge in [0.2, 0.25) is 5.88 Å². The van der Waals surface area contributed by atoms with Crippen molar-refractivity contribution < 1.29 is 27.8 Å². The molecule has 5 nitrogen and oxygen atoms in total. The van der Waals surface area contributed by atoms with Crippen LogP contribution in [-0.2, 0) is 6.18 Å². The Morgan fingerprint density at radius 2 is 2.00 bits per heavy atom. The summed E-state index contributed by atoms with van der Waals surface area (Å²) in [5, 5.41) is 8.82. The predicted molar refractivity (Wildman–Crippen MR) is 67.2 cm³/mol. The van der Waals surface area contributed by atoms with Gasteiger partial charge >= 0.3 is 12.3 Å². The number of carboxylic acid groups (broad SMARTS) is 1. The minimum absolute atomic E-state index is 0.0731. The van der Waals surface area contributed by atoms with Crippen molar-refractivity contribution in [2.75, 3.05) is 13.1 Å². The Hall–Kier alpha value is -1.99. The molecule has 1 aromatic rings. The lowest BCUT2D eigenvalue weighted by atomic mass is 10.1. The second-order valence-electron chi connectivity index (χ2n) is 4.95. The molecule has 0 saturated carbocycles. The van der Waals surface area contributed by atoms with Crippen molar-refractivity contribution in [3.63, 3.8) is 0 Å². The van der Waals surface area contributed by atoms with Crippen molar-refractivity contribution in [1.29, 1.82) is 0 Å². The van der Waals surface area contributed by atoms with Gasteiger partial charge in [-0.15, -0.1) is 0 Å². The third kappa shape index (κ3) is 3.99. The molecule has 21 heavy (non-hydrogen) atoms. The van der Waals surface area contributed by atoms with E-state index >= 15 is 0 Å². The summed E-state index contributed by atoms with van der Waals surface area (Å²) >= 11 is 0. The van der Waals surface area contributed by atoms with Gasteiger partial charge in [-0.3, -0.25) is 0 Å². The molecular weight excluding hydrogens is 289 g/mol. The second-order valence-corrected chi connectivity index (χ2v) is 4.95. The normalized spacial score (nSPS) is 16.9. The quantitative estimate of drug-likeness (QED) is 0.912. The number of pyridine rings is 1. The lowest BCUT2D eigenvalue weighted by molar-refractivity contribution is -0.141. The highest BCUT2D eigenvalue weighted by molar-refractivity contribution is 5.65. The number of hydrogen-bond donors (Lipinski definition) is 1. The maximum Gasteiger partial charge on any atom is 0.433 e. The van der Waals surface area contributed by atoms with E-state index in [1.165, 1.54) is 17.9 Å². The number of carbonyl (C=O) groups is 1. The molecule has 1 amide bonds. The van der Waals surface area contributed by atoms with Gasteiger partial charge in [-0.05, 0) is 18.6 Å². The number of halogens is 3. The van der Waals surface area contributed by atoms with E-state index < -0.39 is 18.0 Å². The summed E-state index contributed by atoms with van der Waals surface area (Å²) < 4.78 is 43.5. The number of amides is 1. The highest BCUT2D eigenvalue weighted by atomic mass is 19.4. The summed E-state index contributed by atoms with van der Waals surface area (Å²) in [6.07, 6.45) is -4.97. The minimum atomic E-state index is -4.52. The van der Waals surface area contributed by atoms with E-state index in [0.717, 1.165) is 6.07 Å². The van der Waals surface area contributed by atoms with E-state index in [2.05, 4.69) is 4.98 Å². The smallest absolute Gasteiger partial charge is 0.433 e. The molecule has 0 aromatic carbocycles. The second kappa shape index (κ2) is 5.79. The van der Waals surface area contributed by atoms with Crippen molar-refractivity contribution in [2.45, 2.75) is 32.0 Å². The monoisotopic (exact) mass is 304 g/mol. The fourth-order valence-corrected chi connectivity index (χ4v) is 2.18. The van der Waals surface area contributed by atoms with Gasteiger partial charge in [0.05, 0.1) is 0 Å². The van der Waals surface area contributed by atoms with Crippen LogP contribution < -0.4 is 4.74 Å². The zero-order chi connectivity index (χ0) is 15.6. The lowest BCUT2D eigenvalue weighted by Crippen LogP contribution is -2.41. The Morgan fingerprint density at radius 1 is 1.38 bits per heavy atom. The van der Waals surface area contributed by atoms with Gasteiger partial charge in [0.25, 0.3) is 0 Å². The first kappa shape index (κ1) is 15.4. The number of nitrogens with zero attached hydrogens (tertiary/aromatic N) is 2. The standard InChI is InChI=1S/C13H15F3N2O3/c1-8-6-10(13(14,15)16)17-11(7-8)21-9-2-4-18(5-3-9)12(19)20/h6-7,9H,2-5H2,1H3,(H,19,20). The van der Waals surface area contributed by atoms with Crippen LogP contribution in [0.3, 0.4) is 0 Å². The highest BCUT2D eigenvalue weighted by Crippen LogP contribution is 2.30. The summed E-state index contributed by atoms with van der Waals surface area (Å²) in [7, 11) is 0. The molecule has 0 aliphatic carbocycles. The number of rotatable bonds is 2. The zero-order valence-electron chi connectivity index (χ0n) is 11.4. The Balaban J connectivity index is 2.04. The molecule has 1 saturated heterocycles. The van der Waals surface area contributed by atoms with Gasteiger partial charge < -0.3 is 14.7 Å². The fraction of sp³-hybridized carbons (Fsp3) is 0.538. The molecule has 2 rings (SSSR count). The SMILES string of the molecule is Cc1cc(OC2CCN(C(=O)O)CC2)nc(C(F)(F)F)c1. The van der Waals surface area contributed by atoms with Crippen LogP contribution in [0.5, 0.6) is 5.88 Å². The van der Waals surface area contributed by atoms with Crippen molar-refractivity contribution in [3.05, 3.63) is 23.4 Å². The third-order valence-electron chi connectivity index (χ3n) is 3.24. The summed E-state index contributed by atoms with van der Waals surface area (Å²) in [6, 6.07) is 2.40. The number of hydrogen-bond acceptors (Lipinski definition) is 3. The van der Waals surface area contributed by atoms with Crippen LogP contribution in [-0.4, -0.2) is 40.3 Å². The first-order chi connectivity index (χ1) is 9.75. The van der Waals surface area contributed by atoms with Crippen LogP contribution in [0.2, 0.25) is 0 Å². The van der Waals surface area contributed by atoms with Gasteiger partial charge in [0, 0.05) is 32.0 Å². The van der Waals surface area contributed by atoms with Gasteiger partial charge in [0.1, 0.15) is 11.8 Å². The third-order valence-corrected chi connectivity index (χ3v) is 3.24. The molecular formula is C13H15F3N2O3. The summed E-state index contributed by atoms with van der Waals surface area (Å²) in [5.41, 5.74) is -0.573. The molecule has 1 aromatic heterocycles. The maximum atomic E-state index is 12.7. The number of likely N-dealkylation sites (tertiary alicyclic amines) is 1. The molecule has 0 bridgehead atoms. The first-order valence-electron chi connectivity index (χ1n) is 6.46. The predicted octanol–water partition coefficient (Wildman–Crippen LogP) is 2.93. The molecule has 2 heterocycles. The average molecular weight is 304 g/mol. The molecule has 116 valence electrons. The first-order valence-corrected chi connectivity index (χ1v) is 6.46. The van der Waals surface area contributed by atoms with Gasteiger partial charge in [0.15, 0.2) is 0 Å². The number of piperidine rings is 1. The molecule has 0 unspecified atom stereocenters. The van der Waals surface area contributed by atoms with E-state index in [4.69, 9.17) is 9.84 Å². The van der Waals surface area contributed by atoms with E-state index in [-0.39, 0.29) is 12.0 Å². The summed E-state index contributed by atoms with van der Waals surface area (Å²) in [5.74, 6) is -0.0731. The van der Waals surface area contributed by atoms with Crippen LogP contribution in [0.15, 0.2) is 12.1 Å². The van der Waals surface area contributed by atoms with Crippen LogP contribution >= 0.6 is 0 Å². The number of aromatic nitrogens is 1. The van der Waals surface area contributed by atoms with Crippen molar-refractivity contribution in [1.82, 2.24) is 9.88 Å². The molecule has 1 aliphatic rings. The van der Waals surface area contributed by atoms with Gasteiger partial charge in [-0.2, -0.15) is 13.2 Å². The Labute approximate surface area is 119 Å².